The monoisotopic (exact) mass is 637 g/mol. The Morgan fingerprint density at radius 1 is 0.977 bits per heavy atom. The van der Waals surface area contributed by atoms with Gasteiger partial charge in [-0.2, -0.15) is 0 Å². The van der Waals surface area contributed by atoms with Crippen molar-refractivity contribution < 1.29 is 94.1 Å². The van der Waals surface area contributed by atoms with Crippen LogP contribution < -0.4 is 5.32 Å². The van der Waals surface area contributed by atoms with Crippen LogP contribution >= 0.6 is 0 Å². The summed E-state index contributed by atoms with van der Waals surface area (Å²) in [5.41, 5.74) is 0. The lowest BCUT2D eigenvalue weighted by Crippen LogP contribution is -2.67. The molecule has 3 rings (SSSR count). The molecule has 17 atom stereocenters. The summed E-state index contributed by atoms with van der Waals surface area (Å²) in [4.78, 5) is 11.6. The third-order valence-corrected chi connectivity index (χ3v) is 7.40. The molecular formula is C23H40FNO18. The molecule has 13 N–H and O–H groups in total. The fourth-order valence-electron chi connectivity index (χ4n) is 5.06. The SMILES string of the molecule is CC(=O)N[C@H]1[C@H]([C@H](O)[C@H](O)CO)O[C@](O)(COC(F)[C@H]2O[C@@H](O[C@H]3[C@H](O)[C@@H](O)[C@@H](O)O[C@@H]3CO)[C@H](O)[C@@H](O)[C@H]2O)C[C@@H]1O. The van der Waals surface area contributed by atoms with E-state index >= 15 is 4.39 Å². The van der Waals surface area contributed by atoms with Gasteiger partial charge >= 0.3 is 0 Å². The minimum atomic E-state index is -2.74. The molecule has 3 aliphatic heterocycles. The number of carbonyl (C=O) groups is 1. The zero-order valence-electron chi connectivity index (χ0n) is 22.8. The Hall–Kier alpha value is -1.28. The van der Waals surface area contributed by atoms with Gasteiger partial charge in [0.15, 0.2) is 18.4 Å². The van der Waals surface area contributed by atoms with Crippen molar-refractivity contribution in [3.8, 4) is 0 Å². The van der Waals surface area contributed by atoms with Gasteiger partial charge in [0.2, 0.25) is 12.3 Å². The highest BCUT2D eigenvalue weighted by Crippen LogP contribution is 2.33. The van der Waals surface area contributed by atoms with Crippen LogP contribution in [0.5, 0.6) is 0 Å². The number of nitrogens with one attached hydrogen (secondary N) is 1. The van der Waals surface area contributed by atoms with E-state index in [2.05, 4.69) is 5.32 Å². The molecule has 0 saturated carbocycles. The third-order valence-electron chi connectivity index (χ3n) is 7.40. The predicted octanol–water partition coefficient (Wildman–Crippen LogP) is -8.02. The molecule has 0 aromatic rings. The minimum absolute atomic E-state index is 0.682. The zero-order chi connectivity index (χ0) is 32.4. The van der Waals surface area contributed by atoms with E-state index in [0.29, 0.717) is 0 Å². The summed E-state index contributed by atoms with van der Waals surface area (Å²) in [5, 5.41) is 123. The maximum Gasteiger partial charge on any atom is 0.228 e. The van der Waals surface area contributed by atoms with E-state index < -0.39 is 136 Å². The fraction of sp³-hybridized carbons (Fsp3) is 0.957. The van der Waals surface area contributed by atoms with Crippen molar-refractivity contribution in [3.05, 3.63) is 0 Å². The van der Waals surface area contributed by atoms with E-state index in [4.69, 9.17) is 23.7 Å². The van der Waals surface area contributed by atoms with Crippen molar-refractivity contribution >= 4 is 5.91 Å². The Labute approximate surface area is 243 Å². The molecule has 3 fully saturated rings. The third kappa shape index (κ3) is 8.12. The maximum absolute atomic E-state index is 15.3. The normalized spacial score (nSPS) is 46.1. The lowest BCUT2D eigenvalue weighted by Gasteiger charge is -2.47. The molecule has 0 spiro atoms. The first kappa shape index (κ1) is 36.2. The Balaban J connectivity index is 1.72. The van der Waals surface area contributed by atoms with Gasteiger partial charge in [0.05, 0.1) is 25.4 Å². The maximum atomic E-state index is 15.3. The second kappa shape index (κ2) is 14.9. The van der Waals surface area contributed by atoms with Gasteiger partial charge in [-0.3, -0.25) is 4.79 Å². The average Bonchev–Trinajstić information content (AvgIpc) is 2.96. The second-order valence-electron chi connectivity index (χ2n) is 10.7. The summed E-state index contributed by atoms with van der Waals surface area (Å²) >= 11 is 0. The number of rotatable bonds is 11. The van der Waals surface area contributed by atoms with Gasteiger partial charge in [0, 0.05) is 13.3 Å². The molecule has 20 heteroatoms. The van der Waals surface area contributed by atoms with Crippen LogP contribution in [0.4, 0.5) is 4.39 Å². The van der Waals surface area contributed by atoms with Crippen LogP contribution in [0.25, 0.3) is 0 Å². The van der Waals surface area contributed by atoms with Gasteiger partial charge in [-0.1, -0.05) is 0 Å². The molecular weight excluding hydrogens is 597 g/mol. The number of aliphatic hydroxyl groups excluding tert-OH is 11. The smallest absolute Gasteiger partial charge is 0.228 e. The molecule has 0 aliphatic carbocycles. The van der Waals surface area contributed by atoms with E-state index in [1.807, 2.05) is 0 Å². The summed E-state index contributed by atoms with van der Waals surface area (Å²) in [6.45, 7) is -1.90. The van der Waals surface area contributed by atoms with Crippen molar-refractivity contribution in [3.63, 3.8) is 0 Å². The van der Waals surface area contributed by atoms with E-state index in [-0.39, 0.29) is 0 Å². The Bertz CT molecular complexity index is 906. The van der Waals surface area contributed by atoms with Crippen molar-refractivity contribution in [2.45, 2.75) is 117 Å². The highest BCUT2D eigenvalue weighted by molar-refractivity contribution is 5.73. The molecule has 252 valence electrons. The fourth-order valence-corrected chi connectivity index (χ4v) is 5.06. The van der Waals surface area contributed by atoms with E-state index in [1.54, 1.807) is 0 Å². The summed E-state index contributed by atoms with van der Waals surface area (Å²) in [5.74, 6) is -3.28. The molecule has 0 aromatic carbocycles. The number of halogens is 1. The minimum Gasteiger partial charge on any atom is -0.394 e. The van der Waals surface area contributed by atoms with Gasteiger partial charge in [-0.15, -0.1) is 0 Å². The van der Waals surface area contributed by atoms with Gasteiger partial charge in [-0.05, 0) is 0 Å². The lowest BCUT2D eigenvalue weighted by atomic mass is 9.89. The average molecular weight is 638 g/mol. The zero-order valence-corrected chi connectivity index (χ0v) is 22.8. The standard InChI is InChI=1S/C23H40FNO18/c1-6(28)25-10-7(29)2-23(38,43-18(10)11(31)8(30)3-26)5-39-20(24)19-13(33)12(32)16(36)22(42-19)41-17-9(4-27)40-21(37)15(35)14(17)34/h7-22,26-27,29-38H,2-5H2,1H3,(H,25,28)/t7-,8+,9+,10+,11+,12-,13+,14+,15+,16+,17+,18+,19-,20?,21-,22+,23-/m0/s1. The summed E-state index contributed by atoms with van der Waals surface area (Å²) in [6, 6.07) is -1.39. The Morgan fingerprint density at radius 3 is 2.21 bits per heavy atom. The van der Waals surface area contributed by atoms with E-state index in [9.17, 15) is 66.1 Å². The second-order valence-corrected chi connectivity index (χ2v) is 10.7. The van der Waals surface area contributed by atoms with Crippen LogP contribution in [0.2, 0.25) is 0 Å². The topological polar surface area (TPSA) is 318 Å². The first-order chi connectivity index (χ1) is 20.0. The van der Waals surface area contributed by atoms with Crippen molar-refractivity contribution in [1.82, 2.24) is 5.32 Å². The number of ether oxygens (including phenoxy) is 5. The number of amides is 1. The molecule has 0 radical (unpaired) electrons. The molecule has 3 heterocycles. The van der Waals surface area contributed by atoms with E-state index in [0.717, 1.165) is 6.92 Å². The number of carbonyl (C=O) groups excluding carboxylic acids is 1. The van der Waals surface area contributed by atoms with Gasteiger partial charge in [0.25, 0.3) is 0 Å². The molecule has 1 unspecified atom stereocenters. The number of alkyl halides is 1. The van der Waals surface area contributed by atoms with Crippen molar-refractivity contribution in [2.75, 3.05) is 19.8 Å². The first-order valence-corrected chi connectivity index (χ1v) is 13.3. The molecule has 0 aromatic heterocycles. The summed E-state index contributed by atoms with van der Waals surface area (Å²) in [6.07, 6.45) is -30.2. The van der Waals surface area contributed by atoms with Gasteiger partial charge in [0.1, 0.15) is 73.8 Å². The van der Waals surface area contributed by atoms with Crippen LogP contribution in [-0.4, -0.2) is 191 Å². The van der Waals surface area contributed by atoms with E-state index in [1.165, 1.54) is 0 Å². The number of hydrogen-bond acceptors (Lipinski definition) is 18. The summed E-state index contributed by atoms with van der Waals surface area (Å²) < 4.78 is 41.1. The van der Waals surface area contributed by atoms with Crippen LogP contribution in [0.15, 0.2) is 0 Å². The van der Waals surface area contributed by atoms with Crippen LogP contribution in [0.1, 0.15) is 13.3 Å². The van der Waals surface area contributed by atoms with Crippen LogP contribution in [0, 0.1) is 0 Å². The number of aliphatic hydroxyl groups is 12. The van der Waals surface area contributed by atoms with Gasteiger partial charge < -0.3 is 90.3 Å². The van der Waals surface area contributed by atoms with Gasteiger partial charge in [-0.25, -0.2) is 4.39 Å². The Kier molecular flexibility index (Phi) is 12.5. The molecule has 3 saturated heterocycles. The lowest BCUT2D eigenvalue weighted by molar-refractivity contribution is -0.371. The van der Waals surface area contributed by atoms with Crippen LogP contribution in [-0.2, 0) is 28.5 Å². The summed E-state index contributed by atoms with van der Waals surface area (Å²) in [7, 11) is 0. The Morgan fingerprint density at radius 2 is 1.63 bits per heavy atom. The predicted molar refractivity (Wildman–Crippen MR) is 130 cm³/mol. The van der Waals surface area contributed by atoms with Crippen LogP contribution in [0.3, 0.4) is 0 Å². The highest BCUT2D eigenvalue weighted by atomic mass is 19.1. The largest absolute Gasteiger partial charge is 0.394 e. The molecule has 43 heavy (non-hydrogen) atoms. The molecule has 1 amide bonds. The highest BCUT2D eigenvalue weighted by Gasteiger charge is 2.54. The molecule has 19 nitrogen and oxygen atoms in total. The van der Waals surface area contributed by atoms with Crippen molar-refractivity contribution in [1.29, 1.82) is 0 Å². The first-order valence-electron chi connectivity index (χ1n) is 13.3. The molecule has 3 aliphatic rings. The van der Waals surface area contributed by atoms with Crippen molar-refractivity contribution in [2.24, 2.45) is 0 Å². The quantitative estimate of drug-likeness (QED) is 0.1000. The molecule has 0 bridgehead atoms. The number of hydrogen-bond donors (Lipinski definition) is 13.